The van der Waals surface area contributed by atoms with Crippen molar-refractivity contribution in [1.29, 1.82) is 0 Å². The maximum absolute atomic E-state index is 10.2. The van der Waals surface area contributed by atoms with Crippen LogP contribution in [-0.2, 0) is 4.79 Å². The summed E-state index contributed by atoms with van der Waals surface area (Å²) >= 11 is 0. The molecule has 0 aromatic carbocycles. The molecule has 1 atom stereocenters. The molecule has 1 unspecified atom stereocenters. The maximum Gasteiger partial charge on any atom is 0.320 e. The Morgan fingerprint density at radius 1 is 1.73 bits per heavy atom. The highest BCUT2D eigenvalue weighted by molar-refractivity contribution is 5.73. The molecule has 0 fully saturated rings. The fourth-order valence-electron chi connectivity index (χ4n) is 0.494. The van der Waals surface area contributed by atoms with Crippen LogP contribution in [0.3, 0.4) is 0 Å². The molecule has 0 saturated heterocycles. The molecule has 11 heavy (non-hydrogen) atoms. The third kappa shape index (κ3) is 4.52. The number of carboxylic acids is 1. The minimum absolute atomic E-state index is 0.0493. The Hall–Kier alpha value is -0.870. The van der Waals surface area contributed by atoms with Gasteiger partial charge in [0.2, 0.25) is 0 Å². The zero-order valence-corrected chi connectivity index (χ0v) is 6.45. The van der Waals surface area contributed by atoms with Crippen LogP contribution in [0.15, 0.2) is 11.6 Å². The molecule has 4 N–H and O–H groups in total. The summed E-state index contributed by atoms with van der Waals surface area (Å²) in [4.78, 5) is 10.2. The summed E-state index contributed by atoms with van der Waals surface area (Å²) in [6.07, 6.45) is 1.89. The predicted octanol–water partition coefficient (Wildman–Crippen LogP) is -0.273. The Bertz CT molecular complexity index is 165. The number of hydrogen-bond acceptors (Lipinski definition) is 3. The van der Waals surface area contributed by atoms with Crippen molar-refractivity contribution in [2.75, 3.05) is 6.61 Å². The van der Waals surface area contributed by atoms with Gasteiger partial charge in [-0.1, -0.05) is 11.6 Å². The van der Waals surface area contributed by atoms with E-state index in [0.717, 1.165) is 5.57 Å². The van der Waals surface area contributed by atoms with E-state index < -0.39 is 12.0 Å². The molecule has 0 aromatic rings. The largest absolute Gasteiger partial charge is 0.480 e. The molecule has 64 valence electrons. The highest BCUT2D eigenvalue weighted by Gasteiger charge is 2.08. The van der Waals surface area contributed by atoms with Gasteiger partial charge in [-0.05, 0) is 13.3 Å². The fourth-order valence-corrected chi connectivity index (χ4v) is 0.494. The molecule has 0 aromatic heterocycles. The van der Waals surface area contributed by atoms with Crippen LogP contribution in [0.4, 0.5) is 0 Å². The zero-order chi connectivity index (χ0) is 8.85. The Balaban J connectivity index is 3.78. The van der Waals surface area contributed by atoms with Gasteiger partial charge in [0.25, 0.3) is 0 Å². The van der Waals surface area contributed by atoms with E-state index in [9.17, 15) is 4.79 Å². The monoisotopic (exact) mass is 159 g/mol. The minimum Gasteiger partial charge on any atom is -0.480 e. The van der Waals surface area contributed by atoms with Crippen LogP contribution < -0.4 is 5.73 Å². The molecule has 4 heteroatoms. The highest BCUT2D eigenvalue weighted by Crippen LogP contribution is 1.96. The first-order valence-electron chi connectivity index (χ1n) is 3.32. The van der Waals surface area contributed by atoms with E-state index in [-0.39, 0.29) is 13.0 Å². The van der Waals surface area contributed by atoms with Crippen molar-refractivity contribution >= 4 is 5.97 Å². The smallest absolute Gasteiger partial charge is 0.320 e. The number of carboxylic acid groups (broad SMARTS) is 1. The molecule has 0 amide bonds. The fraction of sp³-hybridized carbons (Fsp3) is 0.571. The van der Waals surface area contributed by atoms with Crippen molar-refractivity contribution in [3.63, 3.8) is 0 Å². The molecule has 0 rings (SSSR count). The van der Waals surface area contributed by atoms with Gasteiger partial charge >= 0.3 is 5.97 Å². The first-order valence-corrected chi connectivity index (χ1v) is 3.32. The number of carbonyl (C=O) groups is 1. The van der Waals surface area contributed by atoms with E-state index in [1.54, 1.807) is 13.0 Å². The molecule has 0 spiro atoms. The van der Waals surface area contributed by atoms with Crippen LogP contribution in [0.1, 0.15) is 13.3 Å². The van der Waals surface area contributed by atoms with Crippen LogP contribution in [0.2, 0.25) is 0 Å². The molecule has 4 nitrogen and oxygen atoms in total. The first-order chi connectivity index (χ1) is 5.07. The number of rotatable bonds is 4. The molecular formula is C7H13NO3. The summed E-state index contributed by atoms with van der Waals surface area (Å²) in [6, 6.07) is -0.864. The second-order valence-corrected chi connectivity index (χ2v) is 2.39. The number of aliphatic hydroxyl groups is 1. The zero-order valence-electron chi connectivity index (χ0n) is 6.45. The molecule has 0 aliphatic heterocycles. The van der Waals surface area contributed by atoms with Gasteiger partial charge in [-0.2, -0.15) is 0 Å². The Morgan fingerprint density at radius 3 is 2.64 bits per heavy atom. The van der Waals surface area contributed by atoms with Crippen molar-refractivity contribution in [3.05, 3.63) is 11.6 Å². The van der Waals surface area contributed by atoms with E-state index in [2.05, 4.69) is 0 Å². The van der Waals surface area contributed by atoms with Gasteiger partial charge in [0.05, 0.1) is 6.61 Å². The van der Waals surface area contributed by atoms with Crippen LogP contribution in [0, 0.1) is 0 Å². The van der Waals surface area contributed by atoms with E-state index in [1.165, 1.54) is 0 Å². The van der Waals surface area contributed by atoms with Crippen molar-refractivity contribution < 1.29 is 15.0 Å². The topological polar surface area (TPSA) is 83.6 Å². The lowest BCUT2D eigenvalue weighted by atomic mass is 10.1. The minimum atomic E-state index is -1.02. The van der Waals surface area contributed by atoms with E-state index >= 15 is 0 Å². The Labute approximate surface area is 65.3 Å². The van der Waals surface area contributed by atoms with Gasteiger partial charge < -0.3 is 15.9 Å². The molecule has 0 saturated carbocycles. The molecule has 0 bridgehead atoms. The van der Waals surface area contributed by atoms with Crippen molar-refractivity contribution in [2.45, 2.75) is 19.4 Å². The summed E-state index contributed by atoms with van der Waals surface area (Å²) in [5.74, 6) is -1.02. The molecule has 0 aliphatic rings. The van der Waals surface area contributed by atoms with Crippen LogP contribution in [0.25, 0.3) is 0 Å². The average molecular weight is 159 g/mol. The quantitative estimate of drug-likeness (QED) is 0.493. The third-order valence-electron chi connectivity index (χ3n) is 1.29. The third-order valence-corrected chi connectivity index (χ3v) is 1.29. The van der Waals surface area contributed by atoms with Crippen LogP contribution >= 0.6 is 0 Å². The van der Waals surface area contributed by atoms with E-state index in [4.69, 9.17) is 15.9 Å². The predicted molar refractivity (Wildman–Crippen MR) is 41.1 cm³/mol. The Kier molecular flexibility index (Phi) is 4.49. The van der Waals surface area contributed by atoms with Crippen molar-refractivity contribution in [1.82, 2.24) is 0 Å². The number of nitrogens with two attached hydrogens (primary N) is 1. The lowest BCUT2D eigenvalue weighted by Crippen LogP contribution is -2.29. The van der Waals surface area contributed by atoms with Gasteiger partial charge in [-0.3, -0.25) is 4.79 Å². The van der Waals surface area contributed by atoms with Gasteiger partial charge in [-0.15, -0.1) is 0 Å². The highest BCUT2D eigenvalue weighted by atomic mass is 16.4. The summed E-state index contributed by atoms with van der Waals surface area (Å²) in [5.41, 5.74) is 5.93. The Morgan fingerprint density at radius 2 is 2.27 bits per heavy atom. The van der Waals surface area contributed by atoms with E-state index in [1.807, 2.05) is 0 Å². The van der Waals surface area contributed by atoms with Crippen molar-refractivity contribution in [3.8, 4) is 0 Å². The van der Waals surface area contributed by atoms with Gasteiger partial charge in [0.1, 0.15) is 6.04 Å². The van der Waals surface area contributed by atoms with Crippen LogP contribution in [-0.4, -0.2) is 28.8 Å². The SMILES string of the molecule is C/C(=C\CC(N)C(=O)O)CO. The summed E-state index contributed by atoms with van der Waals surface area (Å²) in [5, 5.41) is 16.9. The standard InChI is InChI=1S/C7H13NO3/c1-5(4-9)2-3-6(8)7(10)11/h2,6,9H,3-4,8H2,1H3,(H,10,11)/b5-2+. The molecule has 0 aliphatic carbocycles. The number of hydrogen-bond donors (Lipinski definition) is 3. The normalized spacial score (nSPS) is 14.6. The van der Waals surface area contributed by atoms with Crippen LogP contribution in [0.5, 0.6) is 0 Å². The first kappa shape index (κ1) is 10.1. The van der Waals surface area contributed by atoms with E-state index in [0.29, 0.717) is 0 Å². The molecular weight excluding hydrogens is 146 g/mol. The summed E-state index contributed by atoms with van der Waals surface area (Å²) in [7, 11) is 0. The summed E-state index contributed by atoms with van der Waals surface area (Å²) in [6.45, 7) is 1.67. The average Bonchev–Trinajstić information content (AvgIpc) is 1.99. The van der Waals surface area contributed by atoms with Crippen molar-refractivity contribution in [2.24, 2.45) is 5.73 Å². The lowest BCUT2D eigenvalue weighted by molar-refractivity contribution is -0.138. The molecule has 0 radical (unpaired) electrons. The second kappa shape index (κ2) is 4.87. The molecule has 0 heterocycles. The summed E-state index contributed by atoms with van der Waals surface area (Å²) < 4.78 is 0. The van der Waals surface area contributed by atoms with Gasteiger partial charge in [0.15, 0.2) is 0 Å². The second-order valence-electron chi connectivity index (χ2n) is 2.39. The lowest BCUT2D eigenvalue weighted by Gasteiger charge is -2.01. The number of aliphatic hydroxyl groups excluding tert-OH is 1. The van der Waals surface area contributed by atoms with Gasteiger partial charge in [-0.25, -0.2) is 0 Å². The number of aliphatic carboxylic acids is 1. The van der Waals surface area contributed by atoms with Gasteiger partial charge in [0, 0.05) is 0 Å². The maximum atomic E-state index is 10.2.